The van der Waals surface area contributed by atoms with E-state index in [2.05, 4.69) is 25.6 Å². The van der Waals surface area contributed by atoms with E-state index in [0.717, 1.165) is 5.82 Å². The lowest BCUT2D eigenvalue weighted by atomic mass is 10.2. The number of anilines is 1. The van der Waals surface area contributed by atoms with Crippen molar-refractivity contribution >= 4 is 11.6 Å². The fourth-order valence-corrected chi connectivity index (χ4v) is 1.65. The van der Waals surface area contributed by atoms with Crippen LogP contribution >= 0.6 is 0 Å². The molecule has 1 amide bonds. The maximum Gasteiger partial charge on any atom is 0.254 e. The molecular weight excluding hydrogens is 230 g/mol. The number of nitrogens with zero attached hydrogens (tertiary/aromatic N) is 2. The van der Waals surface area contributed by atoms with Crippen LogP contribution in [0.3, 0.4) is 0 Å². The van der Waals surface area contributed by atoms with Crippen LogP contribution in [0.2, 0.25) is 0 Å². The zero-order valence-corrected chi connectivity index (χ0v) is 10.3. The van der Waals surface area contributed by atoms with Gasteiger partial charge >= 0.3 is 0 Å². The normalized spacial score (nSPS) is 11.9. The lowest BCUT2D eigenvalue weighted by molar-refractivity contribution is 0.0939. The minimum Gasteiger partial charge on any atom is -0.386 e. The van der Waals surface area contributed by atoms with Gasteiger partial charge in [-0.3, -0.25) is 9.78 Å². The molecule has 94 valence electrons. The van der Waals surface area contributed by atoms with E-state index in [1.54, 1.807) is 37.9 Å². The van der Waals surface area contributed by atoms with Crippen molar-refractivity contribution < 1.29 is 4.79 Å². The van der Waals surface area contributed by atoms with Crippen molar-refractivity contribution in [3.63, 3.8) is 0 Å². The van der Waals surface area contributed by atoms with Gasteiger partial charge in [-0.15, -0.1) is 0 Å². The first-order valence-electron chi connectivity index (χ1n) is 5.64. The van der Waals surface area contributed by atoms with Crippen molar-refractivity contribution in [2.24, 2.45) is 0 Å². The van der Waals surface area contributed by atoms with Gasteiger partial charge < -0.3 is 15.6 Å². The summed E-state index contributed by atoms with van der Waals surface area (Å²) in [4.78, 5) is 23.2. The Hall–Kier alpha value is -2.37. The molecule has 6 nitrogen and oxygen atoms in total. The molecule has 3 N–H and O–H groups in total. The Labute approximate surface area is 105 Å². The Kier molecular flexibility index (Phi) is 3.57. The summed E-state index contributed by atoms with van der Waals surface area (Å²) in [5.41, 5.74) is 1.26. The highest BCUT2D eigenvalue weighted by atomic mass is 16.1. The van der Waals surface area contributed by atoms with Crippen LogP contribution in [0.1, 0.15) is 29.1 Å². The molecule has 0 spiro atoms. The number of pyridine rings is 1. The van der Waals surface area contributed by atoms with E-state index in [9.17, 15) is 4.79 Å². The molecule has 0 saturated heterocycles. The van der Waals surface area contributed by atoms with Crippen LogP contribution in [0.4, 0.5) is 5.69 Å². The number of aromatic amines is 1. The quantitative estimate of drug-likeness (QED) is 0.759. The molecule has 0 aliphatic heterocycles. The maximum absolute atomic E-state index is 12.1. The van der Waals surface area contributed by atoms with Crippen LogP contribution in [0.5, 0.6) is 0 Å². The Bertz CT molecular complexity index is 523. The Morgan fingerprint density at radius 1 is 1.44 bits per heavy atom. The molecule has 0 saturated carbocycles. The number of hydrogen-bond acceptors (Lipinski definition) is 4. The SMILES string of the molecule is CNc1cnccc1C(=O)NC(C)c1ncc[nH]1. The van der Waals surface area contributed by atoms with Gasteiger partial charge in [0, 0.05) is 25.6 Å². The van der Waals surface area contributed by atoms with E-state index in [-0.39, 0.29) is 11.9 Å². The van der Waals surface area contributed by atoms with Crippen LogP contribution in [0, 0.1) is 0 Å². The number of amides is 1. The predicted octanol–water partition coefficient (Wildman–Crippen LogP) is 1.34. The van der Waals surface area contributed by atoms with Crippen LogP contribution in [0.15, 0.2) is 30.9 Å². The summed E-state index contributed by atoms with van der Waals surface area (Å²) in [6, 6.07) is 1.50. The van der Waals surface area contributed by atoms with Gasteiger partial charge in [0.25, 0.3) is 5.91 Å². The summed E-state index contributed by atoms with van der Waals surface area (Å²) >= 11 is 0. The summed E-state index contributed by atoms with van der Waals surface area (Å²) in [6.45, 7) is 1.87. The highest BCUT2D eigenvalue weighted by Crippen LogP contribution is 2.14. The van der Waals surface area contributed by atoms with Crippen molar-refractivity contribution in [1.29, 1.82) is 0 Å². The van der Waals surface area contributed by atoms with Crippen LogP contribution < -0.4 is 10.6 Å². The number of carbonyl (C=O) groups is 1. The highest BCUT2D eigenvalue weighted by molar-refractivity contribution is 5.99. The van der Waals surface area contributed by atoms with E-state index >= 15 is 0 Å². The van der Waals surface area contributed by atoms with Gasteiger partial charge in [0.2, 0.25) is 0 Å². The van der Waals surface area contributed by atoms with E-state index < -0.39 is 0 Å². The fourth-order valence-electron chi connectivity index (χ4n) is 1.65. The number of nitrogens with one attached hydrogen (secondary N) is 3. The van der Waals surface area contributed by atoms with Crippen molar-refractivity contribution in [2.45, 2.75) is 13.0 Å². The summed E-state index contributed by atoms with van der Waals surface area (Å²) in [5, 5.41) is 5.81. The average molecular weight is 245 g/mol. The zero-order valence-electron chi connectivity index (χ0n) is 10.3. The molecule has 0 bridgehead atoms. The Balaban J connectivity index is 2.12. The van der Waals surface area contributed by atoms with E-state index in [1.165, 1.54) is 0 Å². The van der Waals surface area contributed by atoms with Gasteiger partial charge in [0.05, 0.1) is 23.5 Å². The van der Waals surface area contributed by atoms with Crippen molar-refractivity contribution in [3.05, 3.63) is 42.2 Å². The fraction of sp³-hybridized carbons (Fsp3) is 0.250. The number of imidazole rings is 1. The monoisotopic (exact) mass is 245 g/mol. The smallest absolute Gasteiger partial charge is 0.254 e. The number of H-pyrrole nitrogens is 1. The molecule has 0 aliphatic rings. The summed E-state index contributed by atoms with van der Waals surface area (Å²) in [5.74, 6) is 0.564. The summed E-state index contributed by atoms with van der Waals surface area (Å²) in [7, 11) is 1.75. The van der Waals surface area contributed by atoms with E-state index in [4.69, 9.17) is 0 Å². The first kappa shape index (κ1) is 12.1. The molecule has 2 rings (SSSR count). The molecule has 2 heterocycles. The maximum atomic E-state index is 12.1. The van der Waals surface area contributed by atoms with Crippen molar-refractivity contribution in [2.75, 3.05) is 12.4 Å². The van der Waals surface area contributed by atoms with Gasteiger partial charge in [0.1, 0.15) is 5.82 Å². The largest absolute Gasteiger partial charge is 0.386 e. The van der Waals surface area contributed by atoms with Crippen molar-refractivity contribution in [3.8, 4) is 0 Å². The zero-order chi connectivity index (χ0) is 13.0. The Morgan fingerprint density at radius 3 is 2.94 bits per heavy atom. The van der Waals surface area contributed by atoms with Crippen molar-refractivity contribution in [1.82, 2.24) is 20.3 Å². The minimum atomic E-state index is -0.176. The molecule has 18 heavy (non-hydrogen) atoms. The van der Waals surface area contributed by atoms with Gasteiger partial charge in [-0.2, -0.15) is 0 Å². The second kappa shape index (κ2) is 5.31. The summed E-state index contributed by atoms with van der Waals surface area (Å²) < 4.78 is 0. The molecule has 0 aromatic carbocycles. The average Bonchev–Trinajstić information content (AvgIpc) is 2.92. The van der Waals surface area contributed by atoms with E-state index in [0.29, 0.717) is 11.3 Å². The van der Waals surface area contributed by atoms with Crippen LogP contribution in [-0.4, -0.2) is 27.9 Å². The first-order valence-corrected chi connectivity index (χ1v) is 5.64. The molecule has 1 unspecified atom stereocenters. The van der Waals surface area contributed by atoms with Crippen LogP contribution in [0.25, 0.3) is 0 Å². The first-order chi connectivity index (χ1) is 8.72. The van der Waals surface area contributed by atoms with Gasteiger partial charge in [-0.1, -0.05) is 0 Å². The van der Waals surface area contributed by atoms with E-state index in [1.807, 2.05) is 6.92 Å². The number of rotatable bonds is 4. The number of carbonyl (C=O) groups excluding carboxylic acids is 1. The standard InChI is InChI=1S/C12H15N5O/c1-8(11-15-5-6-16-11)17-12(18)9-3-4-14-7-10(9)13-2/h3-8,13H,1-2H3,(H,15,16)(H,17,18). The third-order valence-corrected chi connectivity index (χ3v) is 2.61. The summed E-state index contributed by atoms with van der Waals surface area (Å²) in [6.07, 6.45) is 6.59. The second-order valence-electron chi connectivity index (χ2n) is 3.84. The molecule has 2 aromatic heterocycles. The lowest BCUT2D eigenvalue weighted by Gasteiger charge is -2.13. The van der Waals surface area contributed by atoms with Gasteiger partial charge in [0.15, 0.2) is 0 Å². The molecule has 0 fully saturated rings. The lowest BCUT2D eigenvalue weighted by Crippen LogP contribution is -2.28. The third kappa shape index (κ3) is 2.48. The second-order valence-corrected chi connectivity index (χ2v) is 3.84. The topological polar surface area (TPSA) is 82.7 Å². The number of aromatic nitrogens is 3. The Morgan fingerprint density at radius 2 is 2.28 bits per heavy atom. The number of hydrogen-bond donors (Lipinski definition) is 3. The molecule has 0 aliphatic carbocycles. The van der Waals surface area contributed by atoms with Crippen LogP contribution in [-0.2, 0) is 0 Å². The molecule has 2 aromatic rings. The molecule has 1 atom stereocenters. The van der Waals surface area contributed by atoms with Gasteiger partial charge in [-0.05, 0) is 13.0 Å². The molecular formula is C12H15N5O. The highest BCUT2D eigenvalue weighted by Gasteiger charge is 2.15. The molecule has 0 radical (unpaired) electrons. The predicted molar refractivity (Wildman–Crippen MR) is 68.3 cm³/mol. The molecule has 6 heteroatoms. The third-order valence-electron chi connectivity index (χ3n) is 2.61. The minimum absolute atomic E-state index is 0.161. The van der Waals surface area contributed by atoms with Gasteiger partial charge in [-0.25, -0.2) is 4.98 Å².